The smallest absolute Gasteiger partial charge is 0.273 e. The number of hydrogen-bond acceptors (Lipinski definition) is 5. The Morgan fingerprint density at radius 1 is 1.33 bits per heavy atom. The van der Waals surface area contributed by atoms with Gasteiger partial charge in [0.15, 0.2) is 5.65 Å². The van der Waals surface area contributed by atoms with Crippen molar-refractivity contribution in [1.29, 1.82) is 0 Å². The predicted molar refractivity (Wildman–Crippen MR) is 88.4 cm³/mol. The van der Waals surface area contributed by atoms with Crippen LogP contribution in [0.4, 0.5) is 0 Å². The lowest BCUT2D eigenvalue weighted by Crippen LogP contribution is -2.17. The first kappa shape index (κ1) is 14.9. The van der Waals surface area contributed by atoms with Crippen molar-refractivity contribution in [2.75, 3.05) is 20.3 Å². The van der Waals surface area contributed by atoms with Gasteiger partial charge in [0.05, 0.1) is 18.4 Å². The molecule has 1 aliphatic rings. The fraction of sp³-hybridized carbons (Fsp3) is 0.353. The normalized spacial score (nSPS) is 15.7. The number of ether oxygens (including phenoxy) is 2. The molecule has 4 rings (SSSR count). The summed E-state index contributed by atoms with van der Waals surface area (Å²) in [6.07, 6.45) is 3.54. The van der Waals surface area contributed by atoms with Gasteiger partial charge in [0.25, 0.3) is 5.56 Å². The lowest BCUT2D eigenvalue weighted by molar-refractivity contribution is 0.0844. The van der Waals surface area contributed by atoms with E-state index in [1.807, 2.05) is 12.1 Å². The molecule has 0 aromatic carbocycles. The van der Waals surface area contributed by atoms with Gasteiger partial charge in [0, 0.05) is 43.2 Å². The summed E-state index contributed by atoms with van der Waals surface area (Å²) < 4.78 is 12.2. The van der Waals surface area contributed by atoms with Crippen LogP contribution < -0.4 is 10.3 Å². The van der Waals surface area contributed by atoms with Crippen molar-refractivity contribution in [2.24, 2.45) is 0 Å². The summed E-state index contributed by atoms with van der Waals surface area (Å²) in [5, 5.41) is 3.18. The maximum absolute atomic E-state index is 12.5. The number of aromatic nitrogens is 4. The van der Waals surface area contributed by atoms with E-state index < -0.39 is 0 Å². The van der Waals surface area contributed by atoms with Crippen LogP contribution in [0.3, 0.4) is 0 Å². The molecule has 4 heterocycles. The van der Waals surface area contributed by atoms with E-state index in [0.717, 1.165) is 31.7 Å². The zero-order chi connectivity index (χ0) is 16.5. The SMILES string of the molecule is COc1ncccc1-c1cc(=O)n2[nH]c(C3CCOCC3)cc2n1. The molecule has 0 atom stereocenters. The average molecular weight is 326 g/mol. The molecule has 124 valence electrons. The molecular weight excluding hydrogens is 308 g/mol. The van der Waals surface area contributed by atoms with E-state index >= 15 is 0 Å². The Kier molecular flexibility index (Phi) is 3.78. The van der Waals surface area contributed by atoms with Crippen molar-refractivity contribution in [3.8, 4) is 17.1 Å². The highest BCUT2D eigenvalue weighted by molar-refractivity contribution is 5.66. The fourth-order valence-electron chi connectivity index (χ4n) is 3.11. The van der Waals surface area contributed by atoms with Crippen molar-refractivity contribution in [1.82, 2.24) is 19.6 Å². The third-order valence-corrected chi connectivity index (χ3v) is 4.37. The second-order valence-electron chi connectivity index (χ2n) is 5.83. The van der Waals surface area contributed by atoms with Crippen molar-refractivity contribution < 1.29 is 9.47 Å². The molecule has 1 N–H and O–H groups in total. The first-order chi connectivity index (χ1) is 11.8. The van der Waals surface area contributed by atoms with E-state index in [1.165, 1.54) is 10.6 Å². The molecule has 0 spiro atoms. The molecule has 0 aliphatic carbocycles. The molecule has 1 aliphatic heterocycles. The Balaban J connectivity index is 1.80. The molecule has 1 fully saturated rings. The van der Waals surface area contributed by atoms with Crippen molar-refractivity contribution in [3.63, 3.8) is 0 Å². The van der Waals surface area contributed by atoms with Crippen LogP contribution in [-0.2, 0) is 4.74 Å². The van der Waals surface area contributed by atoms with Gasteiger partial charge in [-0.05, 0) is 25.0 Å². The minimum atomic E-state index is -0.154. The third-order valence-electron chi connectivity index (χ3n) is 4.37. The van der Waals surface area contributed by atoms with Gasteiger partial charge < -0.3 is 9.47 Å². The summed E-state index contributed by atoms with van der Waals surface area (Å²) in [6, 6.07) is 7.09. The molecule has 0 radical (unpaired) electrons. The van der Waals surface area contributed by atoms with Gasteiger partial charge in [-0.3, -0.25) is 9.89 Å². The molecule has 24 heavy (non-hydrogen) atoms. The molecule has 0 saturated carbocycles. The topological polar surface area (TPSA) is 81.5 Å². The van der Waals surface area contributed by atoms with Crippen LogP contribution in [0, 0.1) is 0 Å². The predicted octanol–water partition coefficient (Wildman–Crippen LogP) is 1.99. The number of nitrogens with one attached hydrogen (secondary N) is 1. The van der Waals surface area contributed by atoms with E-state index in [9.17, 15) is 4.79 Å². The first-order valence-electron chi connectivity index (χ1n) is 7.96. The minimum absolute atomic E-state index is 0.154. The van der Waals surface area contributed by atoms with Crippen LogP contribution in [0.5, 0.6) is 5.88 Å². The number of hydrogen-bond donors (Lipinski definition) is 1. The zero-order valence-corrected chi connectivity index (χ0v) is 13.4. The van der Waals surface area contributed by atoms with Crippen LogP contribution in [0.1, 0.15) is 24.5 Å². The maximum atomic E-state index is 12.5. The largest absolute Gasteiger partial charge is 0.481 e. The molecule has 0 amide bonds. The Morgan fingerprint density at radius 3 is 2.96 bits per heavy atom. The third kappa shape index (κ3) is 2.56. The van der Waals surface area contributed by atoms with E-state index in [2.05, 4.69) is 15.1 Å². The van der Waals surface area contributed by atoms with Crippen LogP contribution in [0.2, 0.25) is 0 Å². The summed E-state index contributed by atoms with van der Waals surface area (Å²) in [4.78, 5) is 21.3. The lowest BCUT2D eigenvalue weighted by Gasteiger charge is -2.20. The first-order valence-corrected chi connectivity index (χ1v) is 7.96. The number of methoxy groups -OCH3 is 1. The Morgan fingerprint density at radius 2 is 2.17 bits per heavy atom. The molecule has 0 bridgehead atoms. The number of H-pyrrole nitrogens is 1. The molecular formula is C17H18N4O3. The standard InChI is InChI=1S/C17H18N4O3/c1-23-17-12(3-2-6-18-17)14-10-16(22)21-15(19-14)9-13(20-21)11-4-7-24-8-5-11/h2-3,6,9-11,20H,4-5,7-8H2,1H3. The Hall–Kier alpha value is -2.67. The van der Waals surface area contributed by atoms with Crippen molar-refractivity contribution in [2.45, 2.75) is 18.8 Å². The number of aromatic amines is 1. The minimum Gasteiger partial charge on any atom is -0.481 e. The monoisotopic (exact) mass is 326 g/mol. The zero-order valence-electron chi connectivity index (χ0n) is 13.4. The van der Waals surface area contributed by atoms with Crippen molar-refractivity contribution in [3.05, 3.63) is 46.5 Å². The second kappa shape index (κ2) is 6.09. The van der Waals surface area contributed by atoms with Gasteiger partial charge in [0.2, 0.25) is 5.88 Å². The Labute approximate surface area is 138 Å². The van der Waals surface area contributed by atoms with E-state index in [1.54, 1.807) is 19.4 Å². The maximum Gasteiger partial charge on any atom is 0.273 e. The van der Waals surface area contributed by atoms with Gasteiger partial charge in [-0.2, -0.15) is 0 Å². The summed E-state index contributed by atoms with van der Waals surface area (Å²) in [6.45, 7) is 1.50. The number of fused-ring (bicyclic) bond motifs is 1. The summed E-state index contributed by atoms with van der Waals surface area (Å²) >= 11 is 0. The summed E-state index contributed by atoms with van der Waals surface area (Å²) in [5.74, 6) is 0.824. The lowest BCUT2D eigenvalue weighted by atomic mass is 9.97. The molecule has 3 aromatic rings. The molecule has 1 saturated heterocycles. The van der Waals surface area contributed by atoms with E-state index in [0.29, 0.717) is 28.7 Å². The van der Waals surface area contributed by atoms with Crippen LogP contribution >= 0.6 is 0 Å². The van der Waals surface area contributed by atoms with Gasteiger partial charge >= 0.3 is 0 Å². The quantitative estimate of drug-likeness (QED) is 0.796. The van der Waals surface area contributed by atoms with Crippen LogP contribution in [-0.4, -0.2) is 39.9 Å². The van der Waals surface area contributed by atoms with Crippen LogP contribution in [0.15, 0.2) is 35.3 Å². The highest BCUT2D eigenvalue weighted by Crippen LogP contribution is 2.28. The molecule has 0 unspecified atom stereocenters. The molecule has 7 nitrogen and oxygen atoms in total. The average Bonchev–Trinajstić information content (AvgIpc) is 3.07. The Bertz CT molecular complexity index is 925. The highest BCUT2D eigenvalue weighted by Gasteiger charge is 2.19. The van der Waals surface area contributed by atoms with E-state index in [-0.39, 0.29) is 5.56 Å². The van der Waals surface area contributed by atoms with Gasteiger partial charge in [-0.1, -0.05) is 0 Å². The van der Waals surface area contributed by atoms with Gasteiger partial charge in [0.1, 0.15) is 0 Å². The number of rotatable bonds is 3. The van der Waals surface area contributed by atoms with Crippen LogP contribution in [0.25, 0.3) is 16.9 Å². The fourth-order valence-corrected chi connectivity index (χ4v) is 3.11. The van der Waals surface area contributed by atoms with Crippen molar-refractivity contribution >= 4 is 5.65 Å². The number of pyridine rings is 1. The van der Waals surface area contributed by atoms with E-state index in [4.69, 9.17) is 9.47 Å². The molecule has 7 heteroatoms. The summed E-state index contributed by atoms with van der Waals surface area (Å²) in [5.41, 5.74) is 2.73. The van der Waals surface area contributed by atoms with Gasteiger partial charge in [-0.25, -0.2) is 14.5 Å². The number of nitrogens with zero attached hydrogens (tertiary/aromatic N) is 3. The summed E-state index contributed by atoms with van der Waals surface area (Å²) in [7, 11) is 1.55. The molecule has 3 aromatic heterocycles. The van der Waals surface area contributed by atoms with Gasteiger partial charge in [-0.15, -0.1) is 0 Å². The highest BCUT2D eigenvalue weighted by atomic mass is 16.5. The second-order valence-corrected chi connectivity index (χ2v) is 5.83.